The Bertz CT molecular complexity index is 623. The Kier molecular flexibility index (Phi) is 6.84. The number of nitrogens with zero attached hydrogens (tertiary/aromatic N) is 3. The van der Waals surface area contributed by atoms with Crippen molar-refractivity contribution in [2.45, 2.75) is 85.4 Å². The second kappa shape index (κ2) is 8.67. The number of aromatic nitrogens is 1. The van der Waals surface area contributed by atoms with Gasteiger partial charge in [0, 0.05) is 30.8 Å². The summed E-state index contributed by atoms with van der Waals surface area (Å²) in [4.78, 5) is 7.29. The minimum absolute atomic E-state index is 0.222. The van der Waals surface area contributed by atoms with E-state index in [9.17, 15) is 5.26 Å². The molecule has 0 fully saturated rings. The average Bonchev–Trinajstić information content (AvgIpc) is 2.59. The van der Waals surface area contributed by atoms with Crippen LogP contribution in [0.15, 0.2) is 0 Å². The summed E-state index contributed by atoms with van der Waals surface area (Å²) >= 11 is 0. The van der Waals surface area contributed by atoms with Gasteiger partial charge in [-0.3, -0.25) is 0 Å². The van der Waals surface area contributed by atoms with Crippen molar-refractivity contribution in [2.75, 3.05) is 18.0 Å². The van der Waals surface area contributed by atoms with Crippen molar-refractivity contribution >= 4 is 5.82 Å². The summed E-state index contributed by atoms with van der Waals surface area (Å²) in [5.74, 6) is 0.901. The molecule has 1 aliphatic heterocycles. The largest absolute Gasteiger partial charge is 0.370 e. The molecule has 4 nitrogen and oxygen atoms in total. The molecule has 0 unspecified atom stereocenters. The smallest absolute Gasteiger partial charge is 0.147 e. The number of hydrogen-bond acceptors (Lipinski definition) is 4. The molecule has 1 aromatic rings. The van der Waals surface area contributed by atoms with Gasteiger partial charge in [-0.15, -0.1) is 0 Å². The number of hydrogen-bond donors (Lipinski definition) is 0. The van der Waals surface area contributed by atoms with Gasteiger partial charge in [0.2, 0.25) is 0 Å². The van der Waals surface area contributed by atoms with Gasteiger partial charge in [-0.1, -0.05) is 33.6 Å². The summed E-state index contributed by atoms with van der Waals surface area (Å²) in [6, 6.07) is 2.49. The quantitative estimate of drug-likeness (QED) is 0.682. The van der Waals surface area contributed by atoms with Crippen LogP contribution in [-0.4, -0.2) is 23.7 Å². The van der Waals surface area contributed by atoms with Crippen LogP contribution in [0.5, 0.6) is 0 Å². The van der Waals surface area contributed by atoms with Crippen LogP contribution >= 0.6 is 0 Å². The molecule has 0 aliphatic carbocycles. The summed E-state index contributed by atoms with van der Waals surface area (Å²) in [5, 5.41) is 9.95. The lowest BCUT2D eigenvalue weighted by atomic mass is 9.87. The molecule has 1 aromatic heterocycles. The molecule has 0 radical (unpaired) electrons. The second-order valence-electron chi connectivity index (χ2n) is 7.60. The van der Waals surface area contributed by atoms with Crippen molar-refractivity contribution in [2.24, 2.45) is 0 Å². The van der Waals surface area contributed by atoms with Crippen LogP contribution in [-0.2, 0) is 24.2 Å². The molecule has 0 aromatic carbocycles. The van der Waals surface area contributed by atoms with Gasteiger partial charge in [-0.2, -0.15) is 5.26 Å². The highest BCUT2D eigenvalue weighted by Gasteiger charge is 2.32. The van der Waals surface area contributed by atoms with Crippen molar-refractivity contribution in [3.8, 4) is 6.07 Å². The minimum Gasteiger partial charge on any atom is -0.370 e. The number of unbranched alkanes of at least 4 members (excludes halogenated alkanes) is 2. The van der Waals surface area contributed by atoms with Gasteiger partial charge in [-0.05, 0) is 38.7 Å². The molecule has 0 saturated heterocycles. The molecule has 138 valence electrons. The molecule has 25 heavy (non-hydrogen) atoms. The van der Waals surface area contributed by atoms with Crippen molar-refractivity contribution in [1.29, 1.82) is 5.26 Å². The van der Waals surface area contributed by atoms with E-state index in [1.165, 1.54) is 5.56 Å². The molecule has 0 spiro atoms. The van der Waals surface area contributed by atoms with E-state index in [2.05, 4.69) is 45.6 Å². The number of pyridine rings is 1. The highest BCUT2D eigenvalue weighted by Crippen LogP contribution is 2.35. The first kappa shape index (κ1) is 19.7. The maximum Gasteiger partial charge on any atom is 0.147 e. The van der Waals surface area contributed by atoms with E-state index in [4.69, 9.17) is 9.72 Å². The number of aryl methyl sites for hydroxylation is 1. The van der Waals surface area contributed by atoms with Gasteiger partial charge in [0.1, 0.15) is 11.9 Å². The molecule has 0 N–H and O–H groups in total. The van der Waals surface area contributed by atoms with E-state index in [1.54, 1.807) is 0 Å². The van der Waals surface area contributed by atoms with Gasteiger partial charge < -0.3 is 9.64 Å². The van der Waals surface area contributed by atoms with Crippen molar-refractivity contribution in [1.82, 2.24) is 4.98 Å². The molecule has 0 atom stereocenters. The van der Waals surface area contributed by atoms with Gasteiger partial charge in [-0.25, -0.2) is 4.98 Å². The number of nitriles is 1. The first-order valence-electron chi connectivity index (χ1n) is 9.81. The van der Waals surface area contributed by atoms with E-state index in [0.29, 0.717) is 6.61 Å². The van der Waals surface area contributed by atoms with Gasteiger partial charge in [0.05, 0.1) is 17.8 Å². The average molecular weight is 344 g/mol. The molecule has 0 saturated carbocycles. The fourth-order valence-electron chi connectivity index (χ4n) is 3.48. The minimum atomic E-state index is -0.222. The first-order valence-corrected chi connectivity index (χ1v) is 9.81. The lowest BCUT2D eigenvalue weighted by Gasteiger charge is -2.35. The zero-order chi connectivity index (χ0) is 18.4. The van der Waals surface area contributed by atoms with Gasteiger partial charge >= 0.3 is 0 Å². The van der Waals surface area contributed by atoms with Crippen molar-refractivity contribution in [3.05, 3.63) is 22.4 Å². The first-order chi connectivity index (χ1) is 12.0. The van der Waals surface area contributed by atoms with Crippen LogP contribution in [0.4, 0.5) is 5.82 Å². The molecule has 0 bridgehead atoms. The normalized spacial score (nSPS) is 15.5. The Morgan fingerprint density at radius 2 is 1.76 bits per heavy atom. The molecular formula is C21H33N3O. The maximum absolute atomic E-state index is 9.95. The fourth-order valence-corrected chi connectivity index (χ4v) is 3.48. The van der Waals surface area contributed by atoms with E-state index in [0.717, 1.165) is 74.3 Å². The molecule has 1 aliphatic rings. The van der Waals surface area contributed by atoms with Crippen molar-refractivity contribution in [3.63, 3.8) is 0 Å². The monoisotopic (exact) mass is 343 g/mol. The SMILES string of the molecule is CCCCN(CCCC)c1nc(CC)c2c(c1C#N)CC(C)(C)OC2. The number of ether oxygens (including phenoxy) is 1. The second-order valence-corrected chi connectivity index (χ2v) is 7.60. The van der Waals surface area contributed by atoms with Crippen molar-refractivity contribution < 1.29 is 4.74 Å². The number of anilines is 1. The summed E-state index contributed by atoms with van der Waals surface area (Å²) < 4.78 is 6.00. The summed E-state index contributed by atoms with van der Waals surface area (Å²) in [6.45, 7) is 13.3. The van der Waals surface area contributed by atoms with E-state index in [1.807, 2.05) is 0 Å². The third kappa shape index (κ3) is 4.52. The van der Waals surface area contributed by atoms with Crippen LogP contribution in [0.1, 0.15) is 82.7 Å². The Balaban J connectivity index is 2.54. The molecule has 0 amide bonds. The molecule has 2 heterocycles. The van der Waals surface area contributed by atoms with Gasteiger partial charge in [0.15, 0.2) is 0 Å². The summed E-state index contributed by atoms with van der Waals surface area (Å²) in [6.07, 6.45) is 6.21. The Morgan fingerprint density at radius 3 is 2.28 bits per heavy atom. The molecular weight excluding hydrogens is 310 g/mol. The highest BCUT2D eigenvalue weighted by atomic mass is 16.5. The van der Waals surface area contributed by atoms with E-state index in [-0.39, 0.29) is 5.60 Å². The predicted molar refractivity (Wildman–Crippen MR) is 103 cm³/mol. The lowest BCUT2D eigenvalue weighted by molar-refractivity contribution is -0.0406. The van der Waals surface area contributed by atoms with Crippen LogP contribution in [0, 0.1) is 11.3 Å². The standard InChI is InChI=1S/C21H33N3O/c1-6-9-11-24(12-10-7-2)20-17(14-22)16-13-21(4,5)25-15-18(16)19(8-3)23-20/h6-13,15H2,1-5H3. The molecule has 4 heteroatoms. The predicted octanol–water partition coefficient (Wildman–Crippen LogP) is 4.77. The van der Waals surface area contributed by atoms with E-state index < -0.39 is 0 Å². The number of fused-ring (bicyclic) bond motifs is 1. The molecule has 2 rings (SSSR count). The van der Waals surface area contributed by atoms with Gasteiger partial charge in [0.25, 0.3) is 0 Å². The lowest BCUT2D eigenvalue weighted by Crippen LogP contribution is -2.35. The third-order valence-corrected chi connectivity index (χ3v) is 5.00. The van der Waals surface area contributed by atoms with Crippen LogP contribution in [0.2, 0.25) is 0 Å². The van der Waals surface area contributed by atoms with Crippen LogP contribution in [0.3, 0.4) is 0 Å². The zero-order valence-electron chi connectivity index (χ0n) is 16.6. The zero-order valence-corrected chi connectivity index (χ0v) is 16.6. The Labute approximate surface area is 153 Å². The summed E-state index contributed by atoms with van der Waals surface area (Å²) in [7, 11) is 0. The highest BCUT2D eigenvalue weighted by molar-refractivity contribution is 5.61. The Morgan fingerprint density at radius 1 is 1.12 bits per heavy atom. The third-order valence-electron chi connectivity index (χ3n) is 5.00. The fraction of sp³-hybridized carbons (Fsp3) is 0.714. The van der Waals surface area contributed by atoms with Crippen LogP contribution in [0.25, 0.3) is 0 Å². The summed E-state index contributed by atoms with van der Waals surface area (Å²) in [5.41, 5.74) is 3.96. The van der Waals surface area contributed by atoms with E-state index >= 15 is 0 Å². The van der Waals surface area contributed by atoms with Crippen LogP contribution < -0.4 is 4.90 Å². The number of rotatable bonds is 8. The Hall–Kier alpha value is -1.60. The maximum atomic E-state index is 9.95. The topological polar surface area (TPSA) is 49.2 Å².